The minimum absolute atomic E-state index is 0.203. The number of primary amides is 1. The number of benzene rings is 1. The molecule has 0 bridgehead atoms. The van der Waals surface area contributed by atoms with Crippen LogP contribution < -0.4 is 10.6 Å². The van der Waals surface area contributed by atoms with E-state index >= 15 is 0 Å². The minimum Gasteiger partial charge on any atom is -0.446 e. The zero-order valence-electron chi connectivity index (χ0n) is 18.7. The first-order chi connectivity index (χ1) is 15.4. The van der Waals surface area contributed by atoms with Gasteiger partial charge in [-0.05, 0) is 88.1 Å². The molecule has 0 atom stereocenters. The second-order valence-electron chi connectivity index (χ2n) is 9.41. The second kappa shape index (κ2) is 10.0. The van der Waals surface area contributed by atoms with Crippen LogP contribution in [0.2, 0.25) is 0 Å². The first-order valence-corrected chi connectivity index (χ1v) is 11.9. The van der Waals surface area contributed by atoms with Crippen molar-refractivity contribution in [3.05, 3.63) is 41.7 Å². The van der Waals surface area contributed by atoms with E-state index in [1.54, 1.807) is 0 Å². The predicted octanol–water partition coefficient (Wildman–Crippen LogP) is 3.41. The number of allylic oxidation sites excluding steroid dienone is 1. The standard InChI is InChI=1S/C25H34FN3O3/c26-21-5-7-22(8-6-21)29-17-15-28(16-18-29)14-11-19-9-12-25(13-10-19,24(27)31)32-23(30)20-3-1-2-4-20/h3,5-8,19H,1-2,4,9-18H2,(H2,27,31). The van der Waals surface area contributed by atoms with Gasteiger partial charge in [0.15, 0.2) is 5.60 Å². The van der Waals surface area contributed by atoms with Gasteiger partial charge in [0.25, 0.3) is 5.91 Å². The summed E-state index contributed by atoms with van der Waals surface area (Å²) in [6, 6.07) is 6.71. The summed E-state index contributed by atoms with van der Waals surface area (Å²) in [6.07, 6.45) is 8.32. The molecule has 1 saturated heterocycles. The molecule has 0 aromatic heterocycles. The average Bonchev–Trinajstić information content (AvgIpc) is 3.35. The molecule has 4 rings (SSSR count). The van der Waals surface area contributed by atoms with E-state index in [4.69, 9.17) is 10.5 Å². The fraction of sp³-hybridized carbons (Fsp3) is 0.600. The van der Waals surface area contributed by atoms with Gasteiger partial charge < -0.3 is 15.4 Å². The largest absolute Gasteiger partial charge is 0.446 e. The Bertz CT molecular complexity index is 838. The van der Waals surface area contributed by atoms with Crippen LogP contribution in [0.1, 0.15) is 51.4 Å². The van der Waals surface area contributed by atoms with E-state index in [1.165, 1.54) is 12.1 Å². The molecule has 2 N–H and O–H groups in total. The van der Waals surface area contributed by atoms with Gasteiger partial charge in [0.1, 0.15) is 5.82 Å². The van der Waals surface area contributed by atoms with Crippen LogP contribution in [0.5, 0.6) is 0 Å². The highest BCUT2D eigenvalue weighted by Crippen LogP contribution is 2.37. The fourth-order valence-corrected chi connectivity index (χ4v) is 5.18. The molecule has 7 heteroatoms. The lowest BCUT2D eigenvalue weighted by Crippen LogP contribution is -2.50. The molecular formula is C25H34FN3O3. The van der Waals surface area contributed by atoms with Gasteiger partial charge in [-0.2, -0.15) is 0 Å². The summed E-state index contributed by atoms with van der Waals surface area (Å²) in [5, 5.41) is 0. The van der Waals surface area contributed by atoms with E-state index in [1.807, 2.05) is 18.2 Å². The average molecular weight is 444 g/mol. The number of nitrogens with two attached hydrogens (primary N) is 1. The maximum absolute atomic E-state index is 13.1. The van der Waals surface area contributed by atoms with Crippen molar-refractivity contribution in [2.45, 2.75) is 57.0 Å². The van der Waals surface area contributed by atoms with Gasteiger partial charge in [0, 0.05) is 37.4 Å². The summed E-state index contributed by atoms with van der Waals surface area (Å²) in [5.74, 6) is -0.564. The van der Waals surface area contributed by atoms with Crippen molar-refractivity contribution in [3.8, 4) is 0 Å². The lowest BCUT2D eigenvalue weighted by atomic mass is 9.77. The van der Waals surface area contributed by atoms with Crippen LogP contribution in [-0.2, 0) is 14.3 Å². The Morgan fingerprint density at radius 3 is 2.38 bits per heavy atom. The molecule has 2 fully saturated rings. The summed E-state index contributed by atoms with van der Waals surface area (Å²) >= 11 is 0. The quantitative estimate of drug-likeness (QED) is 0.654. The van der Waals surface area contributed by atoms with Crippen molar-refractivity contribution in [3.63, 3.8) is 0 Å². The van der Waals surface area contributed by atoms with Gasteiger partial charge in [-0.25, -0.2) is 9.18 Å². The van der Waals surface area contributed by atoms with E-state index < -0.39 is 11.5 Å². The molecule has 174 valence electrons. The Kier molecular flexibility index (Phi) is 7.13. The van der Waals surface area contributed by atoms with Crippen LogP contribution in [0.15, 0.2) is 35.9 Å². The third-order valence-electron chi connectivity index (χ3n) is 7.37. The number of nitrogens with zero attached hydrogens (tertiary/aromatic N) is 2. The third kappa shape index (κ3) is 5.31. The van der Waals surface area contributed by atoms with Crippen molar-refractivity contribution in [2.75, 3.05) is 37.6 Å². The van der Waals surface area contributed by atoms with Crippen molar-refractivity contribution in [2.24, 2.45) is 11.7 Å². The number of esters is 1. The molecule has 3 aliphatic rings. The number of amides is 1. The minimum atomic E-state index is -1.14. The summed E-state index contributed by atoms with van der Waals surface area (Å²) in [7, 11) is 0. The highest BCUT2D eigenvalue weighted by Gasteiger charge is 2.44. The van der Waals surface area contributed by atoms with Crippen LogP contribution >= 0.6 is 0 Å². The fourth-order valence-electron chi connectivity index (χ4n) is 5.18. The maximum Gasteiger partial charge on any atom is 0.334 e. The molecule has 6 nitrogen and oxygen atoms in total. The Morgan fingerprint density at radius 2 is 1.78 bits per heavy atom. The monoisotopic (exact) mass is 443 g/mol. The maximum atomic E-state index is 13.1. The lowest BCUT2D eigenvalue weighted by molar-refractivity contribution is -0.168. The molecule has 1 amide bonds. The summed E-state index contributed by atoms with van der Waals surface area (Å²) in [5.41, 5.74) is 6.31. The number of piperazine rings is 1. The summed E-state index contributed by atoms with van der Waals surface area (Å²) in [4.78, 5) is 29.4. The number of ether oxygens (including phenoxy) is 1. The highest BCUT2D eigenvalue weighted by molar-refractivity contribution is 5.93. The molecule has 0 radical (unpaired) electrons. The van der Waals surface area contributed by atoms with Gasteiger partial charge in [-0.1, -0.05) is 6.08 Å². The molecule has 0 unspecified atom stereocenters. The Morgan fingerprint density at radius 1 is 1.09 bits per heavy atom. The van der Waals surface area contributed by atoms with Gasteiger partial charge >= 0.3 is 5.97 Å². The predicted molar refractivity (Wildman–Crippen MR) is 122 cm³/mol. The molecule has 1 heterocycles. The zero-order valence-corrected chi connectivity index (χ0v) is 18.7. The van der Waals surface area contributed by atoms with E-state index in [0.29, 0.717) is 24.3 Å². The number of carbonyl (C=O) groups excluding carboxylic acids is 2. The van der Waals surface area contributed by atoms with Crippen molar-refractivity contribution in [1.82, 2.24) is 4.90 Å². The van der Waals surface area contributed by atoms with Crippen LogP contribution in [0.4, 0.5) is 10.1 Å². The van der Waals surface area contributed by atoms with Gasteiger partial charge in [-0.15, -0.1) is 0 Å². The molecule has 1 saturated carbocycles. The number of rotatable bonds is 7. The Hall–Kier alpha value is -2.41. The smallest absolute Gasteiger partial charge is 0.334 e. The number of hydrogen-bond donors (Lipinski definition) is 1. The summed E-state index contributed by atoms with van der Waals surface area (Å²) in [6.45, 7) is 4.88. The first-order valence-electron chi connectivity index (χ1n) is 11.9. The number of carbonyl (C=O) groups is 2. The molecule has 2 aliphatic carbocycles. The van der Waals surface area contributed by atoms with Crippen LogP contribution in [0, 0.1) is 11.7 Å². The van der Waals surface area contributed by atoms with E-state index in [-0.39, 0.29) is 11.8 Å². The third-order valence-corrected chi connectivity index (χ3v) is 7.37. The highest BCUT2D eigenvalue weighted by atomic mass is 19.1. The molecule has 32 heavy (non-hydrogen) atoms. The lowest BCUT2D eigenvalue weighted by Gasteiger charge is -2.39. The SMILES string of the molecule is NC(=O)C1(OC(=O)C2=CCCC2)CCC(CCN2CCN(c3ccc(F)cc3)CC2)CC1. The second-order valence-corrected chi connectivity index (χ2v) is 9.41. The molecule has 1 aromatic rings. The molecule has 1 aromatic carbocycles. The van der Waals surface area contributed by atoms with Gasteiger partial charge in [-0.3, -0.25) is 9.69 Å². The van der Waals surface area contributed by atoms with Crippen molar-refractivity contribution in [1.29, 1.82) is 0 Å². The van der Waals surface area contributed by atoms with E-state index in [0.717, 1.165) is 76.9 Å². The molecule has 0 spiro atoms. The zero-order chi connectivity index (χ0) is 22.6. The van der Waals surface area contributed by atoms with Gasteiger partial charge in [0.05, 0.1) is 0 Å². The Balaban J connectivity index is 1.21. The number of anilines is 1. The van der Waals surface area contributed by atoms with Crippen LogP contribution in [0.25, 0.3) is 0 Å². The Labute approximate surface area is 189 Å². The normalized spacial score (nSPS) is 26.6. The topological polar surface area (TPSA) is 75.9 Å². The first kappa shape index (κ1) is 22.8. The number of halogens is 1. The molecular weight excluding hydrogens is 409 g/mol. The van der Waals surface area contributed by atoms with Crippen LogP contribution in [-0.4, -0.2) is 55.1 Å². The van der Waals surface area contributed by atoms with Crippen LogP contribution in [0.3, 0.4) is 0 Å². The van der Waals surface area contributed by atoms with Gasteiger partial charge in [0.2, 0.25) is 0 Å². The summed E-state index contributed by atoms with van der Waals surface area (Å²) < 4.78 is 18.8. The van der Waals surface area contributed by atoms with Crippen molar-refractivity contribution >= 4 is 17.6 Å². The van der Waals surface area contributed by atoms with E-state index in [9.17, 15) is 14.0 Å². The van der Waals surface area contributed by atoms with Crippen molar-refractivity contribution < 1.29 is 18.7 Å². The number of hydrogen-bond acceptors (Lipinski definition) is 5. The van der Waals surface area contributed by atoms with E-state index in [2.05, 4.69) is 9.80 Å². The molecule has 1 aliphatic heterocycles.